The molecule has 122 valence electrons. The predicted octanol–water partition coefficient (Wildman–Crippen LogP) is 3.46. The summed E-state index contributed by atoms with van der Waals surface area (Å²) in [5.41, 5.74) is 1.73. The first kappa shape index (κ1) is 16.8. The van der Waals surface area contributed by atoms with Crippen molar-refractivity contribution in [3.05, 3.63) is 58.9 Å². The number of aromatic amines is 1. The number of aromatic nitrogens is 1. The second-order valence-electron chi connectivity index (χ2n) is 6.28. The van der Waals surface area contributed by atoms with Crippen LogP contribution in [0.2, 0.25) is 0 Å². The third-order valence-electron chi connectivity index (χ3n) is 3.45. The molecule has 0 aliphatic heterocycles. The van der Waals surface area contributed by atoms with Crippen molar-refractivity contribution in [3.63, 3.8) is 0 Å². The molecule has 5 heteroatoms. The number of rotatable bonds is 4. The molecule has 0 aliphatic carbocycles. The van der Waals surface area contributed by atoms with Crippen LogP contribution in [-0.4, -0.2) is 24.0 Å². The van der Waals surface area contributed by atoms with Crippen LogP contribution in [0, 0.1) is 0 Å². The molecule has 0 unspecified atom stereocenters. The monoisotopic (exact) mass is 315 g/mol. The summed E-state index contributed by atoms with van der Waals surface area (Å²) in [5.74, 6) is -1.15. The molecule has 0 saturated carbocycles. The van der Waals surface area contributed by atoms with Gasteiger partial charge in [0.25, 0.3) is 0 Å². The summed E-state index contributed by atoms with van der Waals surface area (Å²) in [4.78, 5) is 27.2. The number of H-pyrrole nitrogens is 1. The highest BCUT2D eigenvalue weighted by atomic mass is 16.5. The molecule has 2 aromatic rings. The quantitative estimate of drug-likeness (QED) is 0.877. The number of carbonyl (C=O) groups is 2. The van der Waals surface area contributed by atoms with E-state index in [-0.39, 0.29) is 23.3 Å². The Balaban J connectivity index is 2.24. The summed E-state index contributed by atoms with van der Waals surface area (Å²) in [6.07, 6.45) is 0. The van der Waals surface area contributed by atoms with Gasteiger partial charge in [-0.2, -0.15) is 0 Å². The molecule has 0 aliphatic rings. The van der Waals surface area contributed by atoms with Gasteiger partial charge in [0.15, 0.2) is 0 Å². The van der Waals surface area contributed by atoms with Crippen molar-refractivity contribution >= 4 is 11.9 Å². The molecular formula is C18H21NO4. The first-order valence-corrected chi connectivity index (χ1v) is 7.36. The van der Waals surface area contributed by atoms with E-state index in [1.165, 1.54) is 7.11 Å². The van der Waals surface area contributed by atoms with E-state index in [2.05, 4.69) is 4.98 Å². The van der Waals surface area contributed by atoms with E-state index in [0.717, 1.165) is 11.3 Å². The van der Waals surface area contributed by atoms with Gasteiger partial charge in [-0.3, -0.25) is 0 Å². The smallest absolute Gasteiger partial charge is 0.355 e. The van der Waals surface area contributed by atoms with E-state index in [0.29, 0.717) is 0 Å². The zero-order valence-corrected chi connectivity index (χ0v) is 13.8. The van der Waals surface area contributed by atoms with Gasteiger partial charge in [-0.15, -0.1) is 0 Å². The highest BCUT2D eigenvalue weighted by molar-refractivity contribution is 6.02. The van der Waals surface area contributed by atoms with Crippen molar-refractivity contribution in [2.45, 2.75) is 32.8 Å². The van der Waals surface area contributed by atoms with E-state index in [4.69, 9.17) is 9.47 Å². The molecule has 0 spiro atoms. The first-order chi connectivity index (χ1) is 10.8. The Morgan fingerprint density at radius 3 is 2.30 bits per heavy atom. The number of carbonyl (C=O) groups excluding carboxylic acids is 2. The van der Waals surface area contributed by atoms with Gasteiger partial charge >= 0.3 is 11.9 Å². The van der Waals surface area contributed by atoms with Gasteiger partial charge in [0.05, 0.1) is 12.7 Å². The summed E-state index contributed by atoms with van der Waals surface area (Å²) in [7, 11) is 1.28. The van der Waals surface area contributed by atoms with Gasteiger partial charge < -0.3 is 14.5 Å². The van der Waals surface area contributed by atoms with Gasteiger partial charge in [0.2, 0.25) is 0 Å². The predicted molar refractivity (Wildman–Crippen MR) is 86.4 cm³/mol. The Labute approximate surface area is 135 Å². The fourth-order valence-corrected chi connectivity index (χ4v) is 2.08. The Kier molecular flexibility index (Phi) is 4.89. The van der Waals surface area contributed by atoms with Gasteiger partial charge in [-0.1, -0.05) is 51.1 Å². The van der Waals surface area contributed by atoms with Crippen LogP contribution in [0.4, 0.5) is 0 Å². The molecule has 1 aromatic carbocycles. The molecule has 0 radical (unpaired) electrons. The number of hydrogen-bond acceptors (Lipinski definition) is 4. The largest absolute Gasteiger partial charge is 0.464 e. The van der Waals surface area contributed by atoms with Crippen LogP contribution in [0.3, 0.4) is 0 Å². The summed E-state index contributed by atoms with van der Waals surface area (Å²) >= 11 is 0. The summed E-state index contributed by atoms with van der Waals surface area (Å²) < 4.78 is 10.0. The fourth-order valence-electron chi connectivity index (χ4n) is 2.08. The minimum Gasteiger partial charge on any atom is -0.464 e. The minimum atomic E-state index is -0.591. The number of hydrogen-bond donors (Lipinski definition) is 1. The number of benzene rings is 1. The Morgan fingerprint density at radius 1 is 1.09 bits per heavy atom. The van der Waals surface area contributed by atoms with E-state index in [1.54, 1.807) is 6.07 Å². The summed E-state index contributed by atoms with van der Waals surface area (Å²) in [6, 6.07) is 11.0. The van der Waals surface area contributed by atoms with Crippen molar-refractivity contribution in [2.24, 2.45) is 0 Å². The van der Waals surface area contributed by atoms with Crippen LogP contribution >= 0.6 is 0 Å². The molecule has 1 N–H and O–H groups in total. The number of nitrogens with one attached hydrogen (secondary N) is 1. The lowest BCUT2D eigenvalue weighted by Crippen LogP contribution is -2.13. The molecular weight excluding hydrogens is 294 g/mol. The number of methoxy groups -OCH3 is 1. The summed E-state index contributed by atoms with van der Waals surface area (Å²) in [6.45, 7) is 6.10. The summed E-state index contributed by atoms with van der Waals surface area (Å²) in [5, 5.41) is 0. The molecule has 0 saturated heterocycles. The average Bonchev–Trinajstić information content (AvgIpc) is 2.98. The van der Waals surface area contributed by atoms with Crippen molar-refractivity contribution in [3.8, 4) is 0 Å². The van der Waals surface area contributed by atoms with Crippen LogP contribution in [-0.2, 0) is 21.5 Å². The van der Waals surface area contributed by atoms with Crippen LogP contribution in [0.25, 0.3) is 0 Å². The maximum absolute atomic E-state index is 12.3. The fraction of sp³-hybridized carbons (Fsp3) is 0.333. The normalized spacial score (nSPS) is 11.1. The average molecular weight is 315 g/mol. The zero-order chi connectivity index (χ0) is 17.0. The highest BCUT2D eigenvalue weighted by Gasteiger charge is 2.26. The third-order valence-corrected chi connectivity index (χ3v) is 3.45. The molecule has 0 bridgehead atoms. The standard InChI is InChI=1S/C18H21NO4/c1-18(2,3)14-10-13(15(19-14)17(21)22-4)16(20)23-11-12-8-6-5-7-9-12/h5-10,19H,11H2,1-4H3. The molecule has 0 amide bonds. The Morgan fingerprint density at radius 2 is 1.74 bits per heavy atom. The Bertz CT molecular complexity index is 696. The second-order valence-corrected chi connectivity index (χ2v) is 6.28. The SMILES string of the molecule is COC(=O)c1[nH]c(C(C)(C)C)cc1C(=O)OCc1ccccc1. The topological polar surface area (TPSA) is 68.4 Å². The lowest BCUT2D eigenvalue weighted by Gasteiger charge is -2.15. The molecule has 1 heterocycles. The van der Waals surface area contributed by atoms with E-state index in [1.807, 2.05) is 51.1 Å². The van der Waals surface area contributed by atoms with Gasteiger partial charge in [0.1, 0.15) is 12.3 Å². The maximum atomic E-state index is 12.3. The van der Waals surface area contributed by atoms with Crippen molar-refractivity contribution in [2.75, 3.05) is 7.11 Å². The highest BCUT2D eigenvalue weighted by Crippen LogP contribution is 2.25. The molecule has 2 rings (SSSR count). The number of esters is 2. The number of ether oxygens (including phenoxy) is 2. The van der Waals surface area contributed by atoms with Crippen molar-refractivity contribution in [1.29, 1.82) is 0 Å². The van der Waals surface area contributed by atoms with Crippen LogP contribution < -0.4 is 0 Å². The lowest BCUT2D eigenvalue weighted by molar-refractivity contribution is 0.0457. The molecule has 0 atom stereocenters. The Hall–Kier alpha value is -2.56. The van der Waals surface area contributed by atoms with Crippen molar-refractivity contribution in [1.82, 2.24) is 4.98 Å². The molecule has 1 aromatic heterocycles. The minimum absolute atomic E-state index is 0.121. The van der Waals surface area contributed by atoms with Gasteiger partial charge in [0, 0.05) is 11.1 Å². The van der Waals surface area contributed by atoms with E-state index >= 15 is 0 Å². The van der Waals surface area contributed by atoms with Crippen LogP contribution in [0.5, 0.6) is 0 Å². The molecule has 0 fully saturated rings. The maximum Gasteiger partial charge on any atom is 0.355 e. The van der Waals surface area contributed by atoms with E-state index in [9.17, 15) is 9.59 Å². The zero-order valence-electron chi connectivity index (χ0n) is 13.8. The van der Waals surface area contributed by atoms with Crippen LogP contribution in [0.15, 0.2) is 36.4 Å². The first-order valence-electron chi connectivity index (χ1n) is 7.36. The van der Waals surface area contributed by atoms with Crippen molar-refractivity contribution < 1.29 is 19.1 Å². The molecule has 5 nitrogen and oxygen atoms in total. The third kappa shape index (κ3) is 4.00. The van der Waals surface area contributed by atoms with Crippen LogP contribution in [0.1, 0.15) is 52.9 Å². The van der Waals surface area contributed by atoms with Gasteiger partial charge in [-0.25, -0.2) is 9.59 Å². The molecule has 23 heavy (non-hydrogen) atoms. The van der Waals surface area contributed by atoms with Gasteiger partial charge in [-0.05, 0) is 11.6 Å². The lowest BCUT2D eigenvalue weighted by atomic mass is 9.92. The van der Waals surface area contributed by atoms with E-state index < -0.39 is 11.9 Å². The second kappa shape index (κ2) is 6.69.